The van der Waals surface area contributed by atoms with Gasteiger partial charge in [-0.3, -0.25) is 0 Å². The molecular formula is C12H26N2S. The lowest BCUT2D eigenvalue weighted by atomic mass is 10.1. The molecule has 1 rings (SSSR count). The molecule has 1 unspecified atom stereocenters. The fourth-order valence-electron chi connectivity index (χ4n) is 1.93. The highest BCUT2D eigenvalue weighted by atomic mass is 32.2. The van der Waals surface area contributed by atoms with Gasteiger partial charge in [0.05, 0.1) is 0 Å². The van der Waals surface area contributed by atoms with Gasteiger partial charge in [-0.15, -0.1) is 0 Å². The van der Waals surface area contributed by atoms with Gasteiger partial charge in [0, 0.05) is 17.3 Å². The summed E-state index contributed by atoms with van der Waals surface area (Å²) >= 11 is 2.14. The Hall–Kier alpha value is 0.270. The summed E-state index contributed by atoms with van der Waals surface area (Å²) in [6.45, 7) is 10.3. The van der Waals surface area contributed by atoms with E-state index in [0.717, 1.165) is 13.1 Å². The van der Waals surface area contributed by atoms with Crippen molar-refractivity contribution < 1.29 is 0 Å². The summed E-state index contributed by atoms with van der Waals surface area (Å²) in [5.74, 6) is 1.35. The first-order chi connectivity index (χ1) is 7.12. The van der Waals surface area contributed by atoms with Crippen molar-refractivity contribution in [2.75, 3.05) is 25.4 Å². The summed E-state index contributed by atoms with van der Waals surface area (Å²) in [4.78, 5) is 0. The smallest absolute Gasteiger partial charge is 0.0256 e. The third-order valence-corrected chi connectivity index (χ3v) is 4.42. The van der Waals surface area contributed by atoms with Crippen LogP contribution in [0.1, 0.15) is 40.0 Å². The fourth-order valence-corrected chi connectivity index (χ4v) is 3.21. The topological polar surface area (TPSA) is 24.1 Å². The Morgan fingerprint density at radius 1 is 1.33 bits per heavy atom. The summed E-state index contributed by atoms with van der Waals surface area (Å²) in [6, 6.07) is 0.618. The van der Waals surface area contributed by atoms with Crippen molar-refractivity contribution in [3.8, 4) is 0 Å². The minimum Gasteiger partial charge on any atom is -0.315 e. The number of hydrogen-bond acceptors (Lipinski definition) is 3. The second-order valence-corrected chi connectivity index (χ2v) is 6.72. The van der Waals surface area contributed by atoms with E-state index in [-0.39, 0.29) is 0 Å². The van der Waals surface area contributed by atoms with Gasteiger partial charge in [-0.2, -0.15) is 11.8 Å². The van der Waals surface area contributed by atoms with Crippen molar-refractivity contribution in [1.82, 2.24) is 10.6 Å². The maximum Gasteiger partial charge on any atom is 0.0256 e. The molecule has 3 heteroatoms. The number of rotatable bonds is 7. The van der Waals surface area contributed by atoms with E-state index in [1.165, 1.54) is 31.6 Å². The predicted octanol–water partition coefficient (Wildman–Crippen LogP) is 2.25. The Kier molecular flexibility index (Phi) is 6.02. The molecule has 1 heterocycles. The molecule has 90 valence electrons. The molecule has 2 N–H and O–H groups in total. The van der Waals surface area contributed by atoms with Gasteiger partial charge in [0.1, 0.15) is 0 Å². The van der Waals surface area contributed by atoms with E-state index in [4.69, 9.17) is 0 Å². The first kappa shape index (κ1) is 13.3. The quantitative estimate of drug-likeness (QED) is 0.656. The van der Waals surface area contributed by atoms with Crippen LogP contribution in [0.3, 0.4) is 0 Å². The zero-order chi connectivity index (χ0) is 11.1. The lowest BCUT2D eigenvalue weighted by Crippen LogP contribution is -2.34. The van der Waals surface area contributed by atoms with Crippen molar-refractivity contribution >= 4 is 11.8 Å². The van der Waals surface area contributed by atoms with Gasteiger partial charge >= 0.3 is 0 Å². The van der Waals surface area contributed by atoms with E-state index in [9.17, 15) is 0 Å². The van der Waals surface area contributed by atoms with Gasteiger partial charge in [0.15, 0.2) is 0 Å². The van der Waals surface area contributed by atoms with E-state index in [1.807, 2.05) is 0 Å². The molecule has 0 radical (unpaired) electrons. The molecule has 1 fully saturated rings. The third-order valence-electron chi connectivity index (χ3n) is 2.88. The van der Waals surface area contributed by atoms with Crippen LogP contribution in [0, 0.1) is 0 Å². The molecule has 0 aliphatic carbocycles. The van der Waals surface area contributed by atoms with E-state index in [0.29, 0.717) is 10.8 Å². The summed E-state index contributed by atoms with van der Waals surface area (Å²) in [5, 5.41) is 7.02. The molecule has 0 spiro atoms. The first-order valence-electron chi connectivity index (χ1n) is 6.20. The Bertz CT molecular complexity index is 165. The van der Waals surface area contributed by atoms with Crippen LogP contribution in [-0.4, -0.2) is 36.2 Å². The first-order valence-corrected chi connectivity index (χ1v) is 7.19. The van der Waals surface area contributed by atoms with E-state index < -0.39 is 0 Å². The highest BCUT2D eigenvalue weighted by Crippen LogP contribution is 2.36. The largest absolute Gasteiger partial charge is 0.315 e. The molecule has 0 amide bonds. The highest BCUT2D eigenvalue weighted by Gasteiger charge is 2.28. The summed E-state index contributed by atoms with van der Waals surface area (Å²) in [5.41, 5.74) is 0. The van der Waals surface area contributed by atoms with Crippen molar-refractivity contribution in [3.63, 3.8) is 0 Å². The second kappa shape index (κ2) is 6.77. The van der Waals surface area contributed by atoms with Gasteiger partial charge in [0.25, 0.3) is 0 Å². The summed E-state index contributed by atoms with van der Waals surface area (Å²) in [6.07, 6.45) is 4.02. The highest BCUT2D eigenvalue weighted by molar-refractivity contribution is 8.00. The van der Waals surface area contributed by atoms with E-state index in [2.05, 4.69) is 43.2 Å². The van der Waals surface area contributed by atoms with Crippen molar-refractivity contribution in [2.24, 2.45) is 0 Å². The van der Waals surface area contributed by atoms with Crippen LogP contribution in [0.25, 0.3) is 0 Å². The van der Waals surface area contributed by atoms with E-state index in [1.54, 1.807) is 0 Å². The van der Waals surface area contributed by atoms with Crippen LogP contribution >= 0.6 is 11.8 Å². The predicted molar refractivity (Wildman–Crippen MR) is 70.7 cm³/mol. The zero-order valence-corrected chi connectivity index (χ0v) is 11.3. The molecule has 0 aromatic heterocycles. The second-order valence-electron chi connectivity index (χ2n) is 5.04. The van der Waals surface area contributed by atoms with Crippen LogP contribution in [0.4, 0.5) is 0 Å². The Balaban J connectivity index is 1.92. The normalized spacial score (nSPS) is 26.4. The Morgan fingerprint density at radius 2 is 2.13 bits per heavy atom. The fraction of sp³-hybridized carbons (Fsp3) is 1.00. The lowest BCUT2D eigenvalue weighted by Gasteiger charge is -2.23. The van der Waals surface area contributed by atoms with Gasteiger partial charge in [0.2, 0.25) is 0 Å². The Morgan fingerprint density at radius 3 is 2.73 bits per heavy atom. The van der Waals surface area contributed by atoms with Gasteiger partial charge < -0.3 is 10.6 Å². The molecule has 1 aliphatic heterocycles. The van der Waals surface area contributed by atoms with Crippen LogP contribution in [0.5, 0.6) is 0 Å². The standard InChI is InChI=1S/C12H26N2S/c1-11(2)14-8-5-7-13-10-12(3)6-4-9-15-12/h11,13-14H,4-10H2,1-3H3. The number of thioether (sulfide) groups is 1. The number of hydrogen-bond donors (Lipinski definition) is 2. The van der Waals surface area contributed by atoms with Crippen LogP contribution in [-0.2, 0) is 0 Å². The maximum atomic E-state index is 3.58. The molecule has 15 heavy (non-hydrogen) atoms. The zero-order valence-electron chi connectivity index (χ0n) is 10.4. The molecule has 0 aromatic carbocycles. The Labute approximate surface area is 99.0 Å². The average Bonchev–Trinajstić information content (AvgIpc) is 2.58. The minimum absolute atomic E-state index is 0.519. The molecular weight excluding hydrogens is 204 g/mol. The average molecular weight is 230 g/mol. The van der Waals surface area contributed by atoms with Gasteiger partial charge in [-0.25, -0.2) is 0 Å². The maximum absolute atomic E-state index is 3.58. The summed E-state index contributed by atoms with van der Waals surface area (Å²) < 4.78 is 0.519. The van der Waals surface area contributed by atoms with Crippen molar-refractivity contribution in [2.45, 2.75) is 50.8 Å². The van der Waals surface area contributed by atoms with Crippen molar-refractivity contribution in [3.05, 3.63) is 0 Å². The minimum atomic E-state index is 0.519. The molecule has 0 aromatic rings. The molecule has 2 nitrogen and oxygen atoms in total. The molecule has 0 saturated carbocycles. The molecule has 1 aliphatic rings. The monoisotopic (exact) mass is 230 g/mol. The lowest BCUT2D eigenvalue weighted by molar-refractivity contribution is 0.509. The van der Waals surface area contributed by atoms with Crippen LogP contribution in [0.2, 0.25) is 0 Å². The number of nitrogens with one attached hydrogen (secondary N) is 2. The van der Waals surface area contributed by atoms with Crippen LogP contribution < -0.4 is 10.6 Å². The van der Waals surface area contributed by atoms with Gasteiger partial charge in [-0.05, 0) is 45.0 Å². The van der Waals surface area contributed by atoms with Crippen molar-refractivity contribution in [1.29, 1.82) is 0 Å². The van der Waals surface area contributed by atoms with Gasteiger partial charge in [-0.1, -0.05) is 13.8 Å². The van der Waals surface area contributed by atoms with Crippen LogP contribution in [0.15, 0.2) is 0 Å². The SMILES string of the molecule is CC(C)NCCCNCC1(C)CCCS1. The molecule has 1 atom stereocenters. The summed E-state index contributed by atoms with van der Waals surface area (Å²) in [7, 11) is 0. The molecule has 1 saturated heterocycles. The van der Waals surface area contributed by atoms with E-state index >= 15 is 0 Å². The third kappa shape index (κ3) is 5.79. The molecule has 0 bridgehead atoms.